The number of nitrogens with one attached hydrogen (secondary N) is 1. The Balaban J connectivity index is 1.34. The van der Waals surface area contributed by atoms with Crippen LogP contribution in [0.1, 0.15) is 34.0 Å². The first-order valence-corrected chi connectivity index (χ1v) is 8.22. The van der Waals surface area contributed by atoms with Crippen molar-refractivity contribution in [1.82, 2.24) is 20.1 Å². The number of pyridine rings is 1. The molecule has 3 heterocycles. The van der Waals surface area contributed by atoms with Gasteiger partial charge in [-0.15, -0.1) is 0 Å². The highest BCUT2D eigenvalue weighted by molar-refractivity contribution is 5.94. The largest absolute Gasteiger partial charge is 0.453 e. The van der Waals surface area contributed by atoms with E-state index in [9.17, 15) is 9.59 Å². The van der Waals surface area contributed by atoms with E-state index < -0.39 is 6.10 Å². The molecule has 7 nitrogen and oxygen atoms in total. The van der Waals surface area contributed by atoms with Crippen molar-refractivity contribution >= 4 is 11.9 Å². The third-order valence-corrected chi connectivity index (χ3v) is 4.19. The highest BCUT2D eigenvalue weighted by Crippen LogP contribution is 2.32. The van der Waals surface area contributed by atoms with Crippen LogP contribution in [0.4, 0.5) is 0 Å². The number of hydrogen-bond acceptors (Lipinski definition) is 5. The summed E-state index contributed by atoms with van der Waals surface area (Å²) in [6.45, 7) is 0.355. The monoisotopic (exact) mass is 348 g/mol. The van der Waals surface area contributed by atoms with Gasteiger partial charge in [0.2, 0.25) is 5.91 Å². The van der Waals surface area contributed by atoms with Crippen LogP contribution in [-0.4, -0.2) is 26.6 Å². The van der Waals surface area contributed by atoms with Gasteiger partial charge in [-0.05, 0) is 23.8 Å². The maximum Gasteiger partial charge on any atom is 0.339 e. The molecule has 1 aromatic carbocycles. The van der Waals surface area contributed by atoms with E-state index in [1.807, 2.05) is 36.5 Å². The van der Waals surface area contributed by atoms with Gasteiger partial charge in [-0.1, -0.05) is 24.3 Å². The van der Waals surface area contributed by atoms with E-state index in [-0.39, 0.29) is 18.3 Å². The number of amides is 1. The van der Waals surface area contributed by atoms with E-state index in [2.05, 4.69) is 15.4 Å². The molecule has 0 radical (unpaired) electrons. The molecule has 3 aromatic rings. The van der Waals surface area contributed by atoms with Crippen molar-refractivity contribution in [2.24, 2.45) is 0 Å². The normalized spacial score (nSPS) is 15.4. The third kappa shape index (κ3) is 3.19. The first-order valence-electron chi connectivity index (χ1n) is 8.22. The minimum Gasteiger partial charge on any atom is -0.453 e. The Morgan fingerprint density at radius 3 is 2.85 bits per heavy atom. The Morgan fingerprint density at radius 2 is 2.08 bits per heavy atom. The number of cyclic esters (lactones) is 1. The number of benzene rings is 1. The topological polar surface area (TPSA) is 86.1 Å². The Morgan fingerprint density at radius 1 is 1.19 bits per heavy atom. The van der Waals surface area contributed by atoms with Crippen molar-refractivity contribution in [1.29, 1.82) is 0 Å². The lowest BCUT2D eigenvalue weighted by Crippen LogP contribution is -2.24. The average molecular weight is 348 g/mol. The van der Waals surface area contributed by atoms with Gasteiger partial charge in [0.15, 0.2) is 5.82 Å². The van der Waals surface area contributed by atoms with Crippen molar-refractivity contribution in [3.8, 4) is 5.82 Å². The minimum absolute atomic E-state index is 0.0988. The van der Waals surface area contributed by atoms with Crippen LogP contribution >= 0.6 is 0 Å². The molecule has 1 unspecified atom stereocenters. The third-order valence-electron chi connectivity index (χ3n) is 4.19. The number of esters is 1. The summed E-state index contributed by atoms with van der Waals surface area (Å²) >= 11 is 0. The fourth-order valence-corrected chi connectivity index (χ4v) is 2.87. The molecule has 0 saturated heterocycles. The second-order valence-electron chi connectivity index (χ2n) is 5.94. The number of rotatable bonds is 5. The molecular weight excluding hydrogens is 332 g/mol. The molecule has 130 valence electrons. The summed E-state index contributed by atoms with van der Waals surface area (Å²) < 4.78 is 6.95. The van der Waals surface area contributed by atoms with E-state index in [0.29, 0.717) is 17.9 Å². The van der Waals surface area contributed by atoms with Crippen LogP contribution in [0, 0.1) is 0 Å². The molecule has 1 aliphatic rings. The number of carbonyl (C=O) groups excluding carboxylic acids is 2. The maximum absolute atomic E-state index is 12.2. The van der Waals surface area contributed by atoms with Gasteiger partial charge in [-0.3, -0.25) is 4.79 Å². The zero-order chi connectivity index (χ0) is 17.9. The average Bonchev–Trinajstić information content (AvgIpc) is 3.30. The van der Waals surface area contributed by atoms with Gasteiger partial charge < -0.3 is 10.1 Å². The Bertz CT molecular complexity index is 936. The first-order chi connectivity index (χ1) is 12.7. The highest BCUT2D eigenvalue weighted by Gasteiger charge is 2.31. The van der Waals surface area contributed by atoms with Crippen LogP contribution in [0.2, 0.25) is 0 Å². The van der Waals surface area contributed by atoms with Crippen molar-refractivity contribution in [2.45, 2.75) is 19.1 Å². The van der Waals surface area contributed by atoms with Crippen LogP contribution in [0.25, 0.3) is 5.82 Å². The second kappa shape index (κ2) is 6.79. The van der Waals surface area contributed by atoms with Gasteiger partial charge >= 0.3 is 5.97 Å². The summed E-state index contributed by atoms with van der Waals surface area (Å²) in [4.78, 5) is 28.3. The van der Waals surface area contributed by atoms with Crippen LogP contribution < -0.4 is 5.32 Å². The van der Waals surface area contributed by atoms with Crippen LogP contribution in [0.5, 0.6) is 0 Å². The fraction of sp³-hybridized carbons (Fsp3) is 0.158. The summed E-state index contributed by atoms with van der Waals surface area (Å²) in [6, 6.07) is 12.7. The van der Waals surface area contributed by atoms with E-state index in [1.165, 1.54) is 0 Å². The van der Waals surface area contributed by atoms with Crippen molar-refractivity contribution in [3.05, 3.63) is 77.7 Å². The lowest BCUT2D eigenvalue weighted by molar-refractivity contribution is -0.123. The Labute approximate surface area is 149 Å². The minimum atomic E-state index is -0.529. The Hall–Kier alpha value is -3.48. The summed E-state index contributed by atoms with van der Waals surface area (Å²) in [5, 5.41) is 6.95. The van der Waals surface area contributed by atoms with Gasteiger partial charge in [0.25, 0.3) is 0 Å². The van der Waals surface area contributed by atoms with Crippen LogP contribution in [0.3, 0.4) is 0 Å². The number of fused-ring (bicyclic) bond motifs is 1. The zero-order valence-corrected chi connectivity index (χ0v) is 13.8. The molecule has 0 spiro atoms. The molecule has 1 amide bonds. The summed E-state index contributed by atoms with van der Waals surface area (Å²) in [5.74, 6) is 0.145. The predicted molar refractivity (Wildman–Crippen MR) is 92.4 cm³/mol. The summed E-state index contributed by atoms with van der Waals surface area (Å²) in [7, 11) is 0. The number of hydrogen-bond donors (Lipinski definition) is 1. The molecule has 0 fully saturated rings. The van der Waals surface area contributed by atoms with E-state index in [0.717, 1.165) is 11.1 Å². The molecule has 0 bridgehead atoms. The van der Waals surface area contributed by atoms with Crippen LogP contribution in [-0.2, 0) is 16.1 Å². The fourth-order valence-electron chi connectivity index (χ4n) is 2.87. The van der Waals surface area contributed by atoms with Gasteiger partial charge in [-0.25, -0.2) is 14.5 Å². The molecule has 26 heavy (non-hydrogen) atoms. The van der Waals surface area contributed by atoms with E-state index in [4.69, 9.17) is 4.74 Å². The van der Waals surface area contributed by atoms with Gasteiger partial charge in [0.05, 0.1) is 12.0 Å². The first kappa shape index (κ1) is 16.0. The summed E-state index contributed by atoms with van der Waals surface area (Å²) in [6.07, 6.45) is 4.76. The highest BCUT2D eigenvalue weighted by atomic mass is 16.5. The quantitative estimate of drug-likeness (QED) is 0.714. The molecule has 7 heteroatoms. The number of carbonyl (C=O) groups is 2. The van der Waals surface area contributed by atoms with Crippen LogP contribution in [0.15, 0.2) is 61.1 Å². The molecule has 0 saturated carbocycles. The lowest BCUT2D eigenvalue weighted by atomic mass is 10.0. The van der Waals surface area contributed by atoms with Crippen molar-refractivity contribution < 1.29 is 14.3 Å². The predicted octanol–water partition coefficient (Wildman–Crippen LogP) is 2.19. The standard InChI is InChI=1S/C19H16N4O3/c24-18(10-16-14-4-1-2-5-15(14)19(25)26-16)21-12-13-6-7-17(20-11-13)23-9-3-8-22-23/h1-9,11,16H,10,12H2,(H,21,24). The number of nitrogens with zero attached hydrogens (tertiary/aromatic N) is 3. The molecular formula is C19H16N4O3. The molecule has 1 N–H and O–H groups in total. The van der Waals surface area contributed by atoms with Crippen molar-refractivity contribution in [3.63, 3.8) is 0 Å². The second-order valence-corrected chi connectivity index (χ2v) is 5.94. The van der Waals surface area contributed by atoms with E-state index in [1.54, 1.807) is 29.2 Å². The smallest absolute Gasteiger partial charge is 0.339 e. The zero-order valence-electron chi connectivity index (χ0n) is 13.8. The molecule has 4 rings (SSSR count). The molecule has 0 aliphatic carbocycles. The molecule has 2 aromatic heterocycles. The molecule has 1 atom stereocenters. The van der Waals surface area contributed by atoms with Gasteiger partial charge in [0.1, 0.15) is 6.10 Å². The summed E-state index contributed by atoms with van der Waals surface area (Å²) in [5.41, 5.74) is 2.17. The number of aromatic nitrogens is 3. The van der Waals surface area contributed by atoms with Gasteiger partial charge in [-0.2, -0.15) is 5.10 Å². The Kier molecular flexibility index (Phi) is 4.18. The van der Waals surface area contributed by atoms with Gasteiger partial charge in [0, 0.05) is 30.7 Å². The maximum atomic E-state index is 12.2. The van der Waals surface area contributed by atoms with E-state index >= 15 is 0 Å². The lowest BCUT2D eigenvalue weighted by Gasteiger charge is -2.11. The molecule has 1 aliphatic heterocycles. The van der Waals surface area contributed by atoms with Crippen molar-refractivity contribution in [2.75, 3.05) is 0 Å². The number of ether oxygens (including phenoxy) is 1. The SMILES string of the molecule is O=C(CC1OC(=O)c2ccccc21)NCc1ccc(-n2cccn2)nc1.